The Morgan fingerprint density at radius 3 is 2.78 bits per heavy atom. The topological polar surface area (TPSA) is 43.3 Å². The zero-order chi connectivity index (χ0) is 18.6. The summed E-state index contributed by atoms with van der Waals surface area (Å²) < 4.78 is 8.23. The minimum absolute atomic E-state index is 0.0444. The van der Waals surface area contributed by atoms with E-state index in [-0.39, 0.29) is 11.2 Å². The average Bonchev–Trinajstić information content (AvgIpc) is 3.17. The molecule has 27 heavy (non-hydrogen) atoms. The van der Waals surface area contributed by atoms with Crippen LogP contribution in [-0.2, 0) is 12.5 Å². The quantitative estimate of drug-likeness (QED) is 0.681. The van der Waals surface area contributed by atoms with Crippen molar-refractivity contribution in [3.05, 3.63) is 64.8 Å². The van der Waals surface area contributed by atoms with Crippen LogP contribution in [0, 0.1) is 0 Å². The van der Waals surface area contributed by atoms with Gasteiger partial charge in [-0.25, -0.2) is 0 Å². The summed E-state index contributed by atoms with van der Waals surface area (Å²) in [6.45, 7) is 1.79. The summed E-state index contributed by atoms with van der Waals surface area (Å²) in [4.78, 5) is 13.7. The normalized spacial score (nSPS) is 20.6. The molecular formula is C22H21ClN2O2. The molecule has 0 saturated carbocycles. The van der Waals surface area contributed by atoms with Crippen LogP contribution in [-0.4, -0.2) is 29.5 Å². The van der Waals surface area contributed by atoms with Gasteiger partial charge in [-0.3, -0.25) is 4.79 Å². The fourth-order valence-corrected chi connectivity index (χ4v) is 4.94. The van der Waals surface area contributed by atoms with E-state index in [1.165, 1.54) is 5.56 Å². The van der Waals surface area contributed by atoms with E-state index >= 15 is 0 Å². The lowest BCUT2D eigenvalue weighted by atomic mass is 9.69. The highest BCUT2D eigenvalue weighted by atomic mass is 35.5. The Bertz CT molecular complexity index is 1050. The van der Waals surface area contributed by atoms with E-state index in [1.807, 2.05) is 54.1 Å². The highest BCUT2D eigenvalue weighted by Crippen LogP contribution is 2.49. The van der Waals surface area contributed by atoms with Gasteiger partial charge in [-0.2, -0.15) is 0 Å². The zero-order valence-electron chi connectivity index (χ0n) is 15.2. The van der Waals surface area contributed by atoms with E-state index in [0.29, 0.717) is 10.7 Å². The van der Waals surface area contributed by atoms with Gasteiger partial charge < -0.3 is 14.6 Å². The molecule has 5 heteroatoms. The minimum Gasteiger partial charge on any atom is -0.481 e. The predicted octanol–water partition coefficient (Wildman–Crippen LogP) is 4.10. The first-order valence-electron chi connectivity index (χ1n) is 9.36. The fraction of sp³-hybridized carbons (Fsp3) is 0.318. The molecule has 1 fully saturated rings. The molecule has 3 aromatic rings. The third-order valence-electron chi connectivity index (χ3n) is 6.16. The summed E-state index contributed by atoms with van der Waals surface area (Å²) >= 11 is 6.14. The van der Waals surface area contributed by atoms with Crippen LogP contribution in [0.4, 0.5) is 0 Å². The van der Waals surface area contributed by atoms with Crippen molar-refractivity contribution in [2.24, 2.45) is 7.05 Å². The molecule has 2 aliphatic rings. The number of aryl methyl sites for hydroxylation is 1. The number of hydrogen-bond donors (Lipinski definition) is 1. The standard InChI is InChI=1S/C22H21ClN2O2/c1-25-17-7-6-15(23)12-14(17)13-18(25)20(26)21-22(8-10-24-11-9-22)16-4-2-3-5-19(16)27-21/h2-7,12-13,21,24H,8-11H2,1H3/t21-/m0/s1. The number of benzene rings is 2. The number of halogens is 1. The molecule has 3 heterocycles. The largest absolute Gasteiger partial charge is 0.481 e. The second kappa shape index (κ2) is 6.11. The number of ketones is 1. The Balaban J connectivity index is 1.62. The van der Waals surface area contributed by atoms with Gasteiger partial charge >= 0.3 is 0 Å². The monoisotopic (exact) mass is 380 g/mol. The van der Waals surface area contributed by atoms with E-state index in [0.717, 1.165) is 42.6 Å². The first-order valence-corrected chi connectivity index (χ1v) is 9.74. The summed E-state index contributed by atoms with van der Waals surface area (Å²) in [6, 6.07) is 15.8. The van der Waals surface area contributed by atoms with Gasteiger partial charge in [0.2, 0.25) is 5.78 Å². The maximum absolute atomic E-state index is 13.7. The lowest BCUT2D eigenvalue weighted by Crippen LogP contribution is -2.50. The molecule has 5 rings (SSSR count). The third kappa shape index (κ3) is 2.43. The number of hydrogen-bond acceptors (Lipinski definition) is 3. The number of para-hydroxylation sites is 1. The Kier molecular flexibility index (Phi) is 3.81. The minimum atomic E-state index is -0.490. The van der Waals surface area contributed by atoms with E-state index < -0.39 is 6.10 Å². The molecule has 0 radical (unpaired) electrons. The van der Waals surface area contributed by atoms with Crippen molar-refractivity contribution in [3.63, 3.8) is 0 Å². The SMILES string of the molecule is Cn1c(C(=O)[C@@H]2Oc3ccccc3C23CCNCC3)cc2cc(Cl)ccc21. The van der Waals surface area contributed by atoms with Gasteiger partial charge in [0.25, 0.3) is 0 Å². The van der Waals surface area contributed by atoms with Crippen LogP contribution in [0.25, 0.3) is 10.9 Å². The maximum atomic E-state index is 13.7. The summed E-state index contributed by atoms with van der Waals surface area (Å²) in [7, 11) is 1.93. The summed E-state index contributed by atoms with van der Waals surface area (Å²) in [5.74, 6) is 0.891. The molecule has 0 amide bonds. The lowest BCUT2D eigenvalue weighted by Gasteiger charge is -2.37. The van der Waals surface area contributed by atoms with Gasteiger partial charge in [0.15, 0.2) is 6.10 Å². The summed E-state index contributed by atoms with van der Waals surface area (Å²) in [6.07, 6.45) is 1.31. The van der Waals surface area contributed by atoms with E-state index in [2.05, 4.69) is 11.4 Å². The lowest BCUT2D eigenvalue weighted by molar-refractivity contribution is 0.0639. The second-order valence-electron chi connectivity index (χ2n) is 7.56. The number of aromatic nitrogens is 1. The number of rotatable bonds is 2. The Labute approximate surface area is 163 Å². The number of fused-ring (bicyclic) bond motifs is 3. The molecule has 2 aromatic carbocycles. The van der Waals surface area contributed by atoms with Crippen molar-refractivity contribution < 1.29 is 9.53 Å². The van der Waals surface area contributed by atoms with Gasteiger partial charge in [-0.05, 0) is 56.3 Å². The molecule has 0 bridgehead atoms. The number of carbonyl (C=O) groups is 1. The molecule has 1 spiro atoms. The maximum Gasteiger partial charge on any atom is 0.220 e. The smallest absolute Gasteiger partial charge is 0.220 e. The van der Waals surface area contributed by atoms with Gasteiger partial charge in [0, 0.05) is 34.0 Å². The molecule has 1 saturated heterocycles. The van der Waals surface area contributed by atoms with E-state index in [4.69, 9.17) is 16.3 Å². The molecule has 0 unspecified atom stereocenters. The van der Waals surface area contributed by atoms with Crippen LogP contribution in [0.1, 0.15) is 28.9 Å². The Morgan fingerprint density at radius 1 is 1.19 bits per heavy atom. The number of Topliss-reactive ketones (excluding diaryl/α,β-unsaturated/α-hetero) is 1. The first kappa shape index (κ1) is 16.8. The van der Waals surface area contributed by atoms with Crippen LogP contribution < -0.4 is 10.1 Å². The molecule has 1 aromatic heterocycles. The number of nitrogens with zero attached hydrogens (tertiary/aromatic N) is 1. The number of carbonyl (C=O) groups excluding carboxylic acids is 1. The van der Waals surface area contributed by atoms with Gasteiger partial charge in [0.05, 0.1) is 5.69 Å². The second-order valence-corrected chi connectivity index (χ2v) is 7.99. The molecule has 2 aliphatic heterocycles. The van der Waals surface area contributed by atoms with Gasteiger partial charge in [-0.1, -0.05) is 29.8 Å². The Hall–Kier alpha value is -2.30. The van der Waals surface area contributed by atoms with Crippen LogP contribution in [0.15, 0.2) is 48.5 Å². The van der Waals surface area contributed by atoms with E-state index in [9.17, 15) is 4.79 Å². The number of piperidine rings is 1. The molecule has 1 N–H and O–H groups in total. The fourth-order valence-electron chi connectivity index (χ4n) is 4.76. The van der Waals surface area contributed by atoms with Crippen molar-refractivity contribution in [1.82, 2.24) is 9.88 Å². The summed E-state index contributed by atoms with van der Waals surface area (Å²) in [5, 5.41) is 5.07. The average molecular weight is 381 g/mol. The molecule has 138 valence electrons. The predicted molar refractivity (Wildman–Crippen MR) is 107 cm³/mol. The zero-order valence-corrected chi connectivity index (χ0v) is 15.9. The summed E-state index contributed by atoms with van der Waals surface area (Å²) in [5.41, 5.74) is 2.58. The van der Waals surface area contributed by atoms with Crippen LogP contribution in [0.5, 0.6) is 5.75 Å². The highest BCUT2D eigenvalue weighted by Gasteiger charge is 2.53. The third-order valence-corrected chi connectivity index (χ3v) is 6.40. The number of ether oxygens (including phenoxy) is 1. The van der Waals surface area contributed by atoms with Crippen molar-refractivity contribution in [2.75, 3.05) is 13.1 Å². The van der Waals surface area contributed by atoms with Crippen molar-refractivity contribution in [1.29, 1.82) is 0 Å². The van der Waals surface area contributed by atoms with Gasteiger partial charge in [-0.15, -0.1) is 0 Å². The van der Waals surface area contributed by atoms with Gasteiger partial charge in [0.1, 0.15) is 5.75 Å². The van der Waals surface area contributed by atoms with Crippen molar-refractivity contribution in [2.45, 2.75) is 24.4 Å². The van der Waals surface area contributed by atoms with Crippen LogP contribution >= 0.6 is 11.6 Å². The van der Waals surface area contributed by atoms with Crippen LogP contribution in [0.2, 0.25) is 5.02 Å². The molecular weight excluding hydrogens is 360 g/mol. The number of nitrogens with one attached hydrogen (secondary N) is 1. The molecule has 1 atom stereocenters. The Morgan fingerprint density at radius 2 is 1.96 bits per heavy atom. The first-order chi connectivity index (χ1) is 13.1. The molecule has 4 nitrogen and oxygen atoms in total. The molecule has 0 aliphatic carbocycles. The van der Waals surface area contributed by atoms with Crippen LogP contribution in [0.3, 0.4) is 0 Å². The highest BCUT2D eigenvalue weighted by molar-refractivity contribution is 6.31. The van der Waals surface area contributed by atoms with Crippen molar-refractivity contribution >= 4 is 28.3 Å². The van der Waals surface area contributed by atoms with E-state index in [1.54, 1.807) is 0 Å². The van der Waals surface area contributed by atoms with Crippen molar-refractivity contribution in [3.8, 4) is 5.75 Å².